The third-order valence-electron chi connectivity index (χ3n) is 2.99. The van der Waals surface area contributed by atoms with Crippen molar-refractivity contribution >= 4 is 0 Å². The highest BCUT2D eigenvalue weighted by atomic mass is 16.7. The van der Waals surface area contributed by atoms with Gasteiger partial charge in [-0.1, -0.05) is 0 Å². The lowest BCUT2D eigenvalue weighted by atomic mass is 10.1. The van der Waals surface area contributed by atoms with E-state index >= 15 is 0 Å². The minimum atomic E-state index is -0.301. The van der Waals surface area contributed by atoms with Crippen LogP contribution in [0.2, 0.25) is 0 Å². The third kappa shape index (κ3) is 4.70. The molecule has 0 saturated heterocycles. The van der Waals surface area contributed by atoms with E-state index in [0.29, 0.717) is 31.1 Å². The normalized spacial score (nSPS) is 12.9. The first kappa shape index (κ1) is 16.8. The van der Waals surface area contributed by atoms with Gasteiger partial charge in [-0.15, -0.1) is 0 Å². The summed E-state index contributed by atoms with van der Waals surface area (Å²) in [4.78, 5) is 19.0. The van der Waals surface area contributed by atoms with Crippen LogP contribution >= 0.6 is 0 Å². The number of rotatable bonds is 8. The van der Waals surface area contributed by atoms with Crippen molar-refractivity contribution in [2.45, 2.75) is 47.0 Å². The van der Waals surface area contributed by atoms with Crippen molar-refractivity contribution in [3.63, 3.8) is 0 Å². The van der Waals surface area contributed by atoms with Crippen LogP contribution in [0.4, 0.5) is 0 Å². The molecule has 0 saturated carbocycles. The molecule has 1 aromatic heterocycles. The number of nitrogens with one attached hydrogen (secondary N) is 2. The van der Waals surface area contributed by atoms with Gasteiger partial charge in [-0.2, -0.15) is 0 Å². The first-order valence-electron chi connectivity index (χ1n) is 7.03. The van der Waals surface area contributed by atoms with Gasteiger partial charge in [0.05, 0.1) is 5.56 Å². The van der Waals surface area contributed by atoms with E-state index in [0.717, 1.165) is 5.69 Å². The third-order valence-corrected chi connectivity index (χ3v) is 2.99. The zero-order valence-corrected chi connectivity index (χ0v) is 12.9. The molecule has 0 aromatic carbocycles. The summed E-state index contributed by atoms with van der Waals surface area (Å²) in [5.74, 6) is 0.630. The minimum absolute atomic E-state index is 0.0978. The molecule has 1 unspecified atom stereocenters. The molecule has 0 amide bonds. The Labute approximate surface area is 119 Å². The molecular formula is C14H25N3O3. The fourth-order valence-corrected chi connectivity index (χ4v) is 2.16. The number of aromatic amines is 1. The average molecular weight is 283 g/mol. The molecule has 1 aromatic rings. The summed E-state index contributed by atoms with van der Waals surface area (Å²) in [5.41, 5.74) is 1.30. The van der Waals surface area contributed by atoms with Crippen LogP contribution in [0.25, 0.3) is 0 Å². The highest BCUT2D eigenvalue weighted by molar-refractivity contribution is 5.19. The molecule has 114 valence electrons. The van der Waals surface area contributed by atoms with Crippen molar-refractivity contribution in [2.75, 3.05) is 19.8 Å². The summed E-state index contributed by atoms with van der Waals surface area (Å²) in [6, 6.07) is -0.115. The van der Waals surface area contributed by atoms with Crippen LogP contribution in [0.3, 0.4) is 0 Å². The van der Waals surface area contributed by atoms with Crippen molar-refractivity contribution in [3.05, 3.63) is 27.4 Å². The monoisotopic (exact) mass is 283 g/mol. The molecule has 2 N–H and O–H groups in total. The summed E-state index contributed by atoms with van der Waals surface area (Å²) < 4.78 is 10.9. The predicted octanol–water partition coefficient (Wildman–Crippen LogP) is 1.44. The Morgan fingerprint density at radius 3 is 2.35 bits per heavy atom. The zero-order valence-electron chi connectivity index (χ0n) is 12.9. The largest absolute Gasteiger partial charge is 0.352 e. The zero-order chi connectivity index (χ0) is 15.1. The second kappa shape index (κ2) is 8.14. The highest BCUT2D eigenvalue weighted by Gasteiger charge is 2.16. The average Bonchev–Trinajstić information content (AvgIpc) is 2.35. The Morgan fingerprint density at radius 2 is 1.85 bits per heavy atom. The van der Waals surface area contributed by atoms with E-state index in [2.05, 4.69) is 15.3 Å². The molecule has 1 rings (SSSR count). The van der Waals surface area contributed by atoms with E-state index in [-0.39, 0.29) is 17.9 Å². The molecule has 6 nitrogen and oxygen atoms in total. The standard InChI is InChI=1S/C14H25N3O3/c1-6-19-12(20-7-2)8-15-9(3)13-10(4)16-11(5)17-14(13)18/h9,12,15H,6-8H2,1-5H3,(H,16,17,18). The fraction of sp³-hybridized carbons (Fsp3) is 0.714. The molecule has 20 heavy (non-hydrogen) atoms. The second-order valence-electron chi connectivity index (χ2n) is 4.62. The Kier molecular flexibility index (Phi) is 6.84. The molecule has 0 radical (unpaired) electrons. The van der Waals surface area contributed by atoms with Crippen molar-refractivity contribution in [2.24, 2.45) is 0 Å². The van der Waals surface area contributed by atoms with Crippen molar-refractivity contribution < 1.29 is 9.47 Å². The SMILES string of the molecule is CCOC(CNC(C)c1c(C)nc(C)[nH]c1=O)OCC. The topological polar surface area (TPSA) is 76.2 Å². The van der Waals surface area contributed by atoms with E-state index in [9.17, 15) is 4.79 Å². The molecule has 0 aliphatic carbocycles. The van der Waals surface area contributed by atoms with Crippen LogP contribution in [0.15, 0.2) is 4.79 Å². The summed E-state index contributed by atoms with van der Waals surface area (Å²) in [5, 5.41) is 3.26. The second-order valence-corrected chi connectivity index (χ2v) is 4.62. The Balaban J connectivity index is 2.71. The number of nitrogens with zero attached hydrogens (tertiary/aromatic N) is 1. The quantitative estimate of drug-likeness (QED) is 0.706. The maximum atomic E-state index is 12.0. The van der Waals surface area contributed by atoms with Gasteiger partial charge in [0, 0.05) is 31.5 Å². The van der Waals surface area contributed by atoms with Crippen molar-refractivity contribution in [1.82, 2.24) is 15.3 Å². The minimum Gasteiger partial charge on any atom is -0.352 e. The lowest BCUT2D eigenvalue weighted by Crippen LogP contribution is -2.35. The van der Waals surface area contributed by atoms with Crippen LogP contribution in [-0.4, -0.2) is 36.0 Å². The van der Waals surface area contributed by atoms with E-state index in [1.807, 2.05) is 27.7 Å². The van der Waals surface area contributed by atoms with Gasteiger partial charge in [0.25, 0.3) is 5.56 Å². The summed E-state index contributed by atoms with van der Waals surface area (Å²) in [7, 11) is 0. The van der Waals surface area contributed by atoms with Gasteiger partial charge in [-0.3, -0.25) is 4.79 Å². The number of hydrogen-bond acceptors (Lipinski definition) is 5. The van der Waals surface area contributed by atoms with Gasteiger partial charge < -0.3 is 19.8 Å². The van der Waals surface area contributed by atoms with E-state index in [1.165, 1.54) is 0 Å². The van der Waals surface area contributed by atoms with Crippen molar-refractivity contribution in [1.29, 1.82) is 0 Å². The van der Waals surface area contributed by atoms with E-state index < -0.39 is 0 Å². The van der Waals surface area contributed by atoms with Crippen molar-refractivity contribution in [3.8, 4) is 0 Å². The van der Waals surface area contributed by atoms with Crippen LogP contribution in [0.5, 0.6) is 0 Å². The number of aryl methyl sites for hydroxylation is 2. The molecule has 0 fully saturated rings. The molecular weight excluding hydrogens is 258 g/mol. The van der Waals surface area contributed by atoms with Crippen LogP contribution in [0, 0.1) is 13.8 Å². The molecule has 0 aliphatic heterocycles. The molecule has 0 bridgehead atoms. The van der Waals surface area contributed by atoms with Gasteiger partial charge in [0.15, 0.2) is 6.29 Å². The van der Waals surface area contributed by atoms with Gasteiger partial charge in [0.1, 0.15) is 5.82 Å². The lowest BCUT2D eigenvalue weighted by molar-refractivity contribution is -0.133. The highest BCUT2D eigenvalue weighted by Crippen LogP contribution is 2.11. The smallest absolute Gasteiger partial charge is 0.255 e. The Morgan fingerprint density at radius 1 is 1.25 bits per heavy atom. The molecule has 1 heterocycles. The summed E-state index contributed by atoms with van der Waals surface area (Å²) >= 11 is 0. The first-order valence-corrected chi connectivity index (χ1v) is 7.03. The first-order chi connectivity index (χ1) is 9.49. The Bertz CT molecular complexity index is 467. The van der Waals surface area contributed by atoms with E-state index in [1.54, 1.807) is 6.92 Å². The maximum Gasteiger partial charge on any atom is 0.255 e. The number of H-pyrrole nitrogens is 1. The molecule has 1 atom stereocenters. The van der Waals surface area contributed by atoms with Crippen LogP contribution in [-0.2, 0) is 9.47 Å². The molecule has 6 heteroatoms. The number of ether oxygens (including phenoxy) is 2. The van der Waals surface area contributed by atoms with Gasteiger partial charge in [-0.05, 0) is 34.6 Å². The summed E-state index contributed by atoms with van der Waals surface area (Å²) in [6.45, 7) is 11.1. The maximum absolute atomic E-state index is 12.0. The number of aromatic nitrogens is 2. The van der Waals surface area contributed by atoms with Gasteiger partial charge >= 0.3 is 0 Å². The van der Waals surface area contributed by atoms with E-state index in [4.69, 9.17) is 9.47 Å². The summed E-state index contributed by atoms with van der Waals surface area (Å²) in [6.07, 6.45) is -0.301. The fourth-order valence-electron chi connectivity index (χ4n) is 2.16. The van der Waals surface area contributed by atoms with Crippen LogP contribution in [0.1, 0.15) is 43.9 Å². The van der Waals surface area contributed by atoms with Crippen LogP contribution < -0.4 is 10.9 Å². The lowest BCUT2D eigenvalue weighted by Gasteiger charge is -2.21. The molecule has 0 aliphatic rings. The Hall–Kier alpha value is -1.24. The van der Waals surface area contributed by atoms with Gasteiger partial charge in [0.2, 0.25) is 0 Å². The predicted molar refractivity (Wildman–Crippen MR) is 77.8 cm³/mol. The number of hydrogen-bond donors (Lipinski definition) is 2. The molecule has 0 spiro atoms. The van der Waals surface area contributed by atoms with Gasteiger partial charge in [-0.25, -0.2) is 4.98 Å².